The topological polar surface area (TPSA) is 118 Å². The first-order chi connectivity index (χ1) is 12.7. The molecule has 0 fully saturated rings. The van der Waals surface area contributed by atoms with Gasteiger partial charge in [0, 0.05) is 25.5 Å². The number of hydrogen-bond acceptors (Lipinski definition) is 8. The molecule has 0 saturated heterocycles. The van der Waals surface area contributed by atoms with Gasteiger partial charge in [-0.25, -0.2) is 4.98 Å². The van der Waals surface area contributed by atoms with Gasteiger partial charge in [0.25, 0.3) is 5.91 Å². The third kappa shape index (κ3) is 4.94. The van der Waals surface area contributed by atoms with Gasteiger partial charge in [0.15, 0.2) is 5.82 Å². The highest BCUT2D eigenvalue weighted by atomic mass is 16.1. The van der Waals surface area contributed by atoms with Gasteiger partial charge in [-0.2, -0.15) is 0 Å². The maximum atomic E-state index is 11.9. The van der Waals surface area contributed by atoms with Crippen LogP contribution in [0.4, 0.5) is 17.3 Å². The first-order valence-electron chi connectivity index (χ1n) is 8.02. The van der Waals surface area contributed by atoms with Gasteiger partial charge >= 0.3 is 0 Å². The van der Waals surface area contributed by atoms with Crippen LogP contribution < -0.4 is 16.0 Å². The van der Waals surface area contributed by atoms with Crippen molar-refractivity contribution < 1.29 is 4.79 Å². The maximum Gasteiger partial charge on any atom is 0.271 e. The van der Waals surface area contributed by atoms with Gasteiger partial charge in [-0.3, -0.25) is 14.8 Å². The summed E-state index contributed by atoms with van der Waals surface area (Å²) in [5.41, 5.74) is 1.90. The van der Waals surface area contributed by atoms with Crippen LogP contribution in [-0.4, -0.2) is 44.1 Å². The van der Waals surface area contributed by atoms with Gasteiger partial charge in [0.1, 0.15) is 11.5 Å². The summed E-state index contributed by atoms with van der Waals surface area (Å²) in [5, 5.41) is 17.1. The predicted octanol–water partition coefficient (Wildman–Crippen LogP) is 1.56. The molecule has 0 aliphatic rings. The van der Waals surface area contributed by atoms with Crippen molar-refractivity contribution in [3.8, 4) is 0 Å². The molecule has 0 bridgehead atoms. The molecule has 0 saturated carbocycles. The Balaban J connectivity index is 1.42. The number of nitrogens with one attached hydrogen (secondary N) is 3. The lowest BCUT2D eigenvalue weighted by Crippen LogP contribution is -2.29. The number of rotatable bonds is 7. The van der Waals surface area contributed by atoms with Crippen molar-refractivity contribution >= 4 is 23.2 Å². The van der Waals surface area contributed by atoms with E-state index in [9.17, 15) is 4.79 Å². The fraction of sp³-hybridized carbons (Fsp3) is 0.176. The fourth-order valence-electron chi connectivity index (χ4n) is 2.04. The van der Waals surface area contributed by atoms with E-state index in [-0.39, 0.29) is 5.91 Å². The highest BCUT2D eigenvalue weighted by Crippen LogP contribution is 2.12. The minimum absolute atomic E-state index is 0.263. The minimum atomic E-state index is -0.263. The zero-order valence-corrected chi connectivity index (χ0v) is 14.2. The summed E-state index contributed by atoms with van der Waals surface area (Å²) < 4.78 is 0. The molecule has 3 aromatic rings. The lowest BCUT2D eigenvalue weighted by atomic mass is 10.4. The monoisotopic (exact) mass is 350 g/mol. The maximum absolute atomic E-state index is 11.9. The number of pyridine rings is 1. The molecular weight excluding hydrogens is 332 g/mol. The van der Waals surface area contributed by atoms with Crippen molar-refractivity contribution in [2.75, 3.05) is 23.7 Å². The molecule has 0 radical (unpaired) electrons. The molecule has 3 heterocycles. The molecule has 0 aromatic carbocycles. The SMILES string of the molecule is Cc1cnc(C(=O)NCCNc2ccc(Nc3cccnc3)nn2)cn1. The van der Waals surface area contributed by atoms with E-state index in [0.717, 1.165) is 11.4 Å². The van der Waals surface area contributed by atoms with Crippen molar-refractivity contribution in [2.45, 2.75) is 6.92 Å². The molecule has 0 atom stereocenters. The molecule has 3 aromatic heterocycles. The Labute approximate surface area is 150 Å². The van der Waals surface area contributed by atoms with Crippen LogP contribution in [0.5, 0.6) is 0 Å². The Bertz CT molecular complexity index is 837. The summed E-state index contributed by atoms with van der Waals surface area (Å²) in [4.78, 5) is 24.0. The largest absolute Gasteiger partial charge is 0.367 e. The molecule has 132 valence electrons. The zero-order chi connectivity index (χ0) is 18.2. The predicted molar refractivity (Wildman–Crippen MR) is 97.1 cm³/mol. The van der Waals surface area contributed by atoms with E-state index in [1.54, 1.807) is 24.7 Å². The van der Waals surface area contributed by atoms with E-state index in [1.807, 2.05) is 25.1 Å². The number of carbonyl (C=O) groups excluding carboxylic acids is 1. The highest BCUT2D eigenvalue weighted by Gasteiger charge is 2.06. The van der Waals surface area contributed by atoms with E-state index in [1.165, 1.54) is 6.20 Å². The number of anilines is 3. The Morgan fingerprint density at radius 2 is 1.85 bits per heavy atom. The average molecular weight is 350 g/mol. The molecule has 26 heavy (non-hydrogen) atoms. The van der Waals surface area contributed by atoms with Crippen molar-refractivity contribution in [2.24, 2.45) is 0 Å². The number of aryl methyl sites for hydroxylation is 1. The Morgan fingerprint density at radius 1 is 1.00 bits per heavy atom. The number of amides is 1. The third-order valence-electron chi connectivity index (χ3n) is 3.33. The minimum Gasteiger partial charge on any atom is -0.367 e. The lowest BCUT2D eigenvalue weighted by Gasteiger charge is -2.08. The van der Waals surface area contributed by atoms with Crippen LogP contribution in [-0.2, 0) is 0 Å². The summed E-state index contributed by atoms with van der Waals surface area (Å²) >= 11 is 0. The second kappa shape index (κ2) is 8.47. The number of carbonyl (C=O) groups is 1. The quantitative estimate of drug-likeness (QED) is 0.550. The van der Waals surface area contributed by atoms with Crippen molar-refractivity contribution in [1.82, 2.24) is 30.5 Å². The standard InChI is InChI=1S/C17H18N8O/c1-12-9-22-14(11-21-12)17(26)20-8-7-19-15-4-5-16(25-24-15)23-13-3-2-6-18-10-13/h2-6,9-11H,7-8H2,1H3,(H,19,24)(H,20,26)(H,23,25). The second-order valence-corrected chi connectivity index (χ2v) is 5.40. The van der Waals surface area contributed by atoms with Crippen molar-refractivity contribution in [3.63, 3.8) is 0 Å². The Kier molecular flexibility index (Phi) is 5.61. The van der Waals surface area contributed by atoms with Gasteiger partial charge in [0.05, 0.1) is 23.8 Å². The van der Waals surface area contributed by atoms with Gasteiger partial charge in [-0.1, -0.05) is 0 Å². The number of nitrogens with zero attached hydrogens (tertiary/aromatic N) is 5. The third-order valence-corrected chi connectivity index (χ3v) is 3.33. The van der Waals surface area contributed by atoms with Crippen LogP contribution in [0.25, 0.3) is 0 Å². The van der Waals surface area contributed by atoms with E-state index in [2.05, 4.69) is 41.1 Å². The molecule has 3 rings (SSSR count). The summed E-state index contributed by atoms with van der Waals surface area (Å²) in [6, 6.07) is 7.34. The van der Waals surface area contributed by atoms with Crippen molar-refractivity contribution in [3.05, 3.63) is 60.4 Å². The van der Waals surface area contributed by atoms with Gasteiger partial charge in [-0.15, -0.1) is 10.2 Å². The van der Waals surface area contributed by atoms with E-state index >= 15 is 0 Å². The van der Waals surface area contributed by atoms with Crippen LogP contribution >= 0.6 is 0 Å². The van der Waals surface area contributed by atoms with E-state index < -0.39 is 0 Å². The molecule has 0 aliphatic carbocycles. The molecule has 0 aliphatic heterocycles. The highest BCUT2D eigenvalue weighted by molar-refractivity contribution is 5.91. The van der Waals surface area contributed by atoms with Crippen LogP contribution in [0.3, 0.4) is 0 Å². The van der Waals surface area contributed by atoms with Gasteiger partial charge < -0.3 is 16.0 Å². The van der Waals surface area contributed by atoms with Gasteiger partial charge in [0.2, 0.25) is 0 Å². The number of hydrogen-bond donors (Lipinski definition) is 3. The van der Waals surface area contributed by atoms with Crippen LogP contribution in [0, 0.1) is 6.92 Å². The molecule has 9 heteroatoms. The summed E-state index contributed by atoms with van der Waals surface area (Å²) in [6.07, 6.45) is 6.42. The molecule has 1 amide bonds. The van der Waals surface area contributed by atoms with Crippen LogP contribution in [0.15, 0.2) is 49.1 Å². The summed E-state index contributed by atoms with van der Waals surface area (Å²) in [6.45, 7) is 2.75. The average Bonchev–Trinajstić information content (AvgIpc) is 2.68. The van der Waals surface area contributed by atoms with Gasteiger partial charge in [-0.05, 0) is 31.2 Å². The summed E-state index contributed by atoms with van der Waals surface area (Å²) in [5.74, 6) is 0.974. The lowest BCUT2D eigenvalue weighted by molar-refractivity contribution is 0.0950. The summed E-state index contributed by atoms with van der Waals surface area (Å²) in [7, 11) is 0. The molecular formula is C17H18N8O. The molecule has 0 unspecified atom stereocenters. The first kappa shape index (κ1) is 17.2. The Hall–Kier alpha value is -3.62. The van der Waals surface area contributed by atoms with E-state index in [0.29, 0.717) is 30.4 Å². The van der Waals surface area contributed by atoms with Crippen molar-refractivity contribution in [1.29, 1.82) is 0 Å². The smallest absolute Gasteiger partial charge is 0.271 e. The zero-order valence-electron chi connectivity index (χ0n) is 14.2. The second-order valence-electron chi connectivity index (χ2n) is 5.40. The molecule has 3 N–H and O–H groups in total. The first-order valence-corrected chi connectivity index (χ1v) is 8.02. The number of aromatic nitrogens is 5. The Morgan fingerprint density at radius 3 is 2.54 bits per heavy atom. The fourth-order valence-corrected chi connectivity index (χ4v) is 2.04. The normalized spacial score (nSPS) is 10.2. The van der Waals surface area contributed by atoms with E-state index in [4.69, 9.17) is 0 Å². The molecule has 0 spiro atoms. The molecule has 9 nitrogen and oxygen atoms in total. The van der Waals surface area contributed by atoms with Crippen LogP contribution in [0.1, 0.15) is 16.2 Å². The van der Waals surface area contributed by atoms with Crippen LogP contribution in [0.2, 0.25) is 0 Å².